The Morgan fingerprint density at radius 3 is 2.22 bits per heavy atom. The maximum absolute atomic E-state index is 11.1. The minimum absolute atomic E-state index is 0. The van der Waals surface area contributed by atoms with Crippen LogP contribution in [0.2, 0.25) is 0 Å². The van der Waals surface area contributed by atoms with Crippen molar-refractivity contribution in [3.63, 3.8) is 0 Å². The first-order valence-electron chi connectivity index (χ1n) is 5.40. The number of hydrogen-bond donors (Lipinski definition) is 4. The molecule has 7 nitrogen and oxygen atoms in total. The third-order valence-corrected chi connectivity index (χ3v) is 2.15. The normalized spacial score (nSPS) is 11.2. The zero-order valence-electron chi connectivity index (χ0n) is 9.52. The number of rotatable bonds is 9. The molecular weight excluding hydrogens is 240 g/mol. The van der Waals surface area contributed by atoms with Crippen LogP contribution in [0.5, 0.6) is 0 Å². The highest BCUT2D eigenvalue weighted by Crippen LogP contribution is 1.98. The molecule has 0 aromatic carbocycles. The van der Waals surface area contributed by atoms with Gasteiger partial charge in [-0.1, -0.05) is 7.43 Å². The van der Waals surface area contributed by atoms with E-state index in [9.17, 15) is 14.4 Å². The van der Waals surface area contributed by atoms with Crippen LogP contribution in [0.15, 0.2) is 0 Å². The molecule has 7 heteroatoms. The third kappa shape index (κ3) is 10.9. The number of carbonyl (C=O) groups is 3. The summed E-state index contributed by atoms with van der Waals surface area (Å²) in [7, 11) is 0. The van der Waals surface area contributed by atoms with Gasteiger partial charge in [-0.2, -0.15) is 0 Å². The highest BCUT2D eigenvalue weighted by atomic mass is 16.4. The molecule has 1 atom stereocenters. The van der Waals surface area contributed by atoms with Crippen molar-refractivity contribution in [2.75, 3.05) is 6.54 Å². The molecule has 0 bridgehead atoms. The van der Waals surface area contributed by atoms with Crippen LogP contribution in [0.4, 0.5) is 0 Å². The first kappa shape index (κ1) is 18.7. The molecule has 0 rings (SSSR count). The van der Waals surface area contributed by atoms with Gasteiger partial charge in [0.2, 0.25) is 5.91 Å². The number of carbonyl (C=O) groups excluding carboxylic acids is 1. The number of carboxylic acid groups (broad SMARTS) is 2. The fourth-order valence-electron chi connectivity index (χ4n) is 1.15. The van der Waals surface area contributed by atoms with Crippen molar-refractivity contribution >= 4 is 17.8 Å². The Morgan fingerprint density at radius 1 is 1.11 bits per heavy atom. The lowest BCUT2D eigenvalue weighted by Gasteiger charge is -2.06. The number of nitrogens with one attached hydrogen (secondary N) is 1. The minimum Gasteiger partial charge on any atom is -0.481 e. The van der Waals surface area contributed by atoms with Crippen LogP contribution in [-0.2, 0) is 14.4 Å². The fraction of sp³-hybridized carbons (Fsp3) is 0.727. The Kier molecular flexibility index (Phi) is 10.9. The van der Waals surface area contributed by atoms with Gasteiger partial charge in [-0.05, 0) is 19.3 Å². The molecule has 0 heterocycles. The number of nitrogens with two attached hydrogens (primary N) is 1. The molecule has 1 amide bonds. The van der Waals surface area contributed by atoms with E-state index in [0.29, 0.717) is 25.8 Å². The highest BCUT2D eigenvalue weighted by Gasteiger charge is 2.10. The molecule has 0 fully saturated rings. The van der Waals surface area contributed by atoms with Crippen LogP contribution in [0.25, 0.3) is 0 Å². The molecule has 0 saturated carbocycles. The molecule has 0 saturated heterocycles. The summed E-state index contributed by atoms with van der Waals surface area (Å²) in [6.45, 7) is 0.408. The monoisotopic (exact) mass is 262 g/mol. The van der Waals surface area contributed by atoms with Gasteiger partial charge >= 0.3 is 11.9 Å². The van der Waals surface area contributed by atoms with Gasteiger partial charge in [-0.3, -0.25) is 14.4 Å². The molecule has 106 valence electrons. The van der Waals surface area contributed by atoms with E-state index >= 15 is 0 Å². The number of hydrogen-bond acceptors (Lipinski definition) is 4. The molecule has 5 N–H and O–H groups in total. The second kappa shape index (κ2) is 10.5. The summed E-state index contributed by atoms with van der Waals surface area (Å²) in [6, 6.07) is -0.863. The summed E-state index contributed by atoms with van der Waals surface area (Å²) in [4.78, 5) is 31.6. The lowest BCUT2D eigenvalue weighted by Crippen LogP contribution is -2.30. The zero-order chi connectivity index (χ0) is 13.3. The van der Waals surface area contributed by atoms with E-state index in [1.165, 1.54) is 0 Å². The number of aliphatic carboxylic acids is 2. The molecular formula is C11H22N2O5. The predicted octanol–water partition coefficient (Wildman–Crippen LogP) is 0.186. The van der Waals surface area contributed by atoms with E-state index in [1.807, 2.05) is 0 Å². The molecule has 0 spiro atoms. The molecule has 0 aliphatic rings. The average molecular weight is 262 g/mol. The third-order valence-electron chi connectivity index (χ3n) is 2.15. The molecule has 0 aromatic rings. The van der Waals surface area contributed by atoms with Crippen LogP contribution >= 0.6 is 0 Å². The van der Waals surface area contributed by atoms with Crippen molar-refractivity contribution in [3.05, 3.63) is 0 Å². The van der Waals surface area contributed by atoms with Crippen molar-refractivity contribution < 1.29 is 24.6 Å². The first-order valence-corrected chi connectivity index (χ1v) is 5.40. The van der Waals surface area contributed by atoms with Gasteiger partial charge in [0.05, 0.1) is 6.42 Å². The summed E-state index contributed by atoms with van der Waals surface area (Å²) in [6.07, 6.45) is 1.37. The Bertz CT molecular complexity index is 281. The van der Waals surface area contributed by atoms with Crippen molar-refractivity contribution in [2.45, 2.75) is 45.6 Å². The maximum atomic E-state index is 11.1. The second-order valence-corrected chi connectivity index (χ2v) is 3.68. The highest BCUT2D eigenvalue weighted by molar-refractivity contribution is 5.80. The van der Waals surface area contributed by atoms with Gasteiger partial charge in [-0.25, -0.2) is 0 Å². The second-order valence-electron chi connectivity index (χ2n) is 3.68. The van der Waals surface area contributed by atoms with Crippen LogP contribution in [0.3, 0.4) is 0 Å². The van der Waals surface area contributed by atoms with Crippen LogP contribution in [0.1, 0.15) is 39.5 Å². The SMILES string of the molecule is C.NC(CCCCNC(=O)CCC(=O)O)C(=O)O. The summed E-state index contributed by atoms with van der Waals surface area (Å²) in [5.74, 6) is -2.35. The quantitative estimate of drug-likeness (QED) is 0.439. The Hall–Kier alpha value is -1.63. The molecule has 0 aromatic heterocycles. The first-order chi connectivity index (χ1) is 7.93. The minimum atomic E-state index is -1.03. The molecule has 18 heavy (non-hydrogen) atoms. The Balaban J connectivity index is 0. The Labute approximate surface area is 106 Å². The number of unbranched alkanes of at least 4 members (excludes halogenated alkanes) is 1. The van der Waals surface area contributed by atoms with Gasteiger partial charge in [-0.15, -0.1) is 0 Å². The number of carboxylic acids is 2. The van der Waals surface area contributed by atoms with Crippen molar-refractivity contribution in [1.82, 2.24) is 5.32 Å². The molecule has 1 unspecified atom stereocenters. The van der Waals surface area contributed by atoms with E-state index in [-0.39, 0.29) is 26.2 Å². The number of amides is 1. The van der Waals surface area contributed by atoms with E-state index in [4.69, 9.17) is 15.9 Å². The van der Waals surface area contributed by atoms with E-state index in [0.717, 1.165) is 0 Å². The van der Waals surface area contributed by atoms with Crippen LogP contribution < -0.4 is 11.1 Å². The Morgan fingerprint density at radius 2 is 1.72 bits per heavy atom. The van der Waals surface area contributed by atoms with Crippen LogP contribution in [-0.4, -0.2) is 40.6 Å². The van der Waals surface area contributed by atoms with Crippen LogP contribution in [0, 0.1) is 0 Å². The summed E-state index contributed by atoms with van der Waals surface area (Å²) < 4.78 is 0. The lowest BCUT2D eigenvalue weighted by atomic mass is 10.1. The van der Waals surface area contributed by atoms with Crippen molar-refractivity contribution in [2.24, 2.45) is 5.73 Å². The summed E-state index contributed by atoms with van der Waals surface area (Å²) >= 11 is 0. The van der Waals surface area contributed by atoms with Gasteiger partial charge in [0.25, 0.3) is 0 Å². The average Bonchev–Trinajstić information content (AvgIpc) is 2.25. The van der Waals surface area contributed by atoms with Gasteiger partial charge in [0.15, 0.2) is 0 Å². The zero-order valence-corrected chi connectivity index (χ0v) is 9.52. The topological polar surface area (TPSA) is 130 Å². The molecule has 0 aliphatic carbocycles. The van der Waals surface area contributed by atoms with Crippen molar-refractivity contribution in [3.8, 4) is 0 Å². The standard InChI is InChI=1S/C10H18N2O5.CH4/c11-7(10(16)17)3-1-2-6-12-8(13)4-5-9(14)15;/h7H,1-6,11H2,(H,12,13)(H,14,15)(H,16,17);1H4. The molecule has 0 aliphatic heterocycles. The summed E-state index contributed by atoms with van der Waals surface area (Å²) in [5, 5.41) is 19.4. The van der Waals surface area contributed by atoms with Gasteiger partial charge < -0.3 is 21.3 Å². The predicted molar refractivity (Wildman–Crippen MR) is 66.1 cm³/mol. The lowest BCUT2D eigenvalue weighted by molar-refractivity contribution is -0.139. The molecule has 0 radical (unpaired) electrons. The van der Waals surface area contributed by atoms with E-state index in [1.54, 1.807) is 0 Å². The van der Waals surface area contributed by atoms with Gasteiger partial charge in [0, 0.05) is 13.0 Å². The van der Waals surface area contributed by atoms with Crippen molar-refractivity contribution in [1.29, 1.82) is 0 Å². The van der Waals surface area contributed by atoms with Gasteiger partial charge in [0.1, 0.15) is 6.04 Å². The maximum Gasteiger partial charge on any atom is 0.320 e. The largest absolute Gasteiger partial charge is 0.481 e. The van der Waals surface area contributed by atoms with E-state index < -0.39 is 18.0 Å². The fourth-order valence-corrected chi connectivity index (χ4v) is 1.15. The van der Waals surface area contributed by atoms with E-state index in [2.05, 4.69) is 5.32 Å². The summed E-state index contributed by atoms with van der Waals surface area (Å²) in [5.41, 5.74) is 5.29. The smallest absolute Gasteiger partial charge is 0.320 e.